The molecule has 0 atom stereocenters. The number of hydrogen-bond acceptors (Lipinski definition) is 6. The van der Waals surface area contributed by atoms with Crippen LogP contribution >= 0.6 is 0 Å². The number of rotatable bonds is 4. The Morgan fingerprint density at radius 2 is 1.92 bits per heavy atom. The van der Waals surface area contributed by atoms with E-state index in [-0.39, 0.29) is 18.0 Å². The van der Waals surface area contributed by atoms with Gasteiger partial charge in [0, 0.05) is 38.4 Å². The van der Waals surface area contributed by atoms with E-state index in [1.807, 2.05) is 4.90 Å². The van der Waals surface area contributed by atoms with Crippen LogP contribution in [-0.2, 0) is 4.74 Å². The van der Waals surface area contributed by atoms with Gasteiger partial charge < -0.3 is 19.9 Å². The molecule has 0 bridgehead atoms. The number of nitrogens with zero attached hydrogens (tertiary/aromatic N) is 4. The first-order valence-corrected chi connectivity index (χ1v) is 8.98. The molecule has 2 aliphatic heterocycles. The molecule has 2 fully saturated rings. The van der Waals surface area contributed by atoms with Crippen molar-refractivity contribution in [1.29, 1.82) is 0 Å². The van der Waals surface area contributed by atoms with Gasteiger partial charge in [0.15, 0.2) is 0 Å². The Kier molecular flexibility index (Phi) is 5.67. The van der Waals surface area contributed by atoms with Crippen LogP contribution in [0.1, 0.15) is 43.1 Å². The van der Waals surface area contributed by atoms with Crippen molar-refractivity contribution in [2.24, 2.45) is 0 Å². The molecular weight excluding hydrogens is 322 g/mol. The highest BCUT2D eigenvalue weighted by Gasteiger charge is 2.25. The maximum atomic E-state index is 12.4. The zero-order valence-electron chi connectivity index (χ0n) is 14.6. The number of piperidine rings is 1. The highest BCUT2D eigenvalue weighted by molar-refractivity contribution is 5.92. The molecule has 1 aromatic rings. The summed E-state index contributed by atoms with van der Waals surface area (Å²) >= 11 is 0. The van der Waals surface area contributed by atoms with Gasteiger partial charge in [-0.3, -0.25) is 4.79 Å². The van der Waals surface area contributed by atoms with Crippen LogP contribution in [0.15, 0.2) is 12.3 Å². The number of carbonyl (C=O) groups is 2. The predicted octanol–water partition coefficient (Wildman–Crippen LogP) is 1.75. The van der Waals surface area contributed by atoms with E-state index in [1.54, 1.807) is 24.1 Å². The van der Waals surface area contributed by atoms with Crippen LogP contribution in [0.5, 0.6) is 0 Å². The Morgan fingerprint density at radius 3 is 2.60 bits per heavy atom. The van der Waals surface area contributed by atoms with Gasteiger partial charge >= 0.3 is 6.09 Å². The molecule has 2 amide bonds. The van der Waals surface area contributed by atoms with Crippen LogP contribution in [-0.4, -0.2) is 70.6 Å². The highest BCUT2D eigenvalue weighted by Crippen LogP contribution is 2.16. The molecule has 3 rings (SSSR count). The summed E-state index contributed by atoms with van der Waals surface area (Å²) in [5.41, 5.74) is 0.434. The van der Waals surface area contributed by atoms with Crippen LogP contribution in [0.25, 0.3) is 0 Å². The van der Waals surface area contributed by atoms with Crippen LogP contribution < -0.4 is 5.32 Å². The van der Waals surface area contributed by atoms with Crippen LogP contribution in [0.4, 0.5) is 10.7 Å². The largest absolute Gasteiger partial charge is 0.450 e. The zero-order chi connectivity index (χ0) is 17.6. The van der Waals surface area contributed by atoms with Crippen molar-refractivity contribution in [1.82, 2.24) is 19.8 Å². The maximum absolute atomic E-state index is 12.4. The van der Waals surface area contributed by atoms with Gasteiger partial charge in [0.05, 0.1) is 6.61 Å². The smallest absolute Gasteiger partial charge is 0.409 e. The molecule has 8 heteroatoms. The average molecular weight is 347 g/mol. The second-order valence-electron chi connectivity index (χ2n) is 6.37. The SMILES string of the molecule is CCOC(=O)N1CCC(Nc2nccc(C(=O)N3CCCC3)n2)CC1. The van der Waals surface area contributed by atoms with E-state index in [0.717, 1.165) is 38.8 Å². The van der Waals surface area contributed by atoms with Crippen molar-refractivity contribution in [3.8, 4) is 0 Å². The molecule has 0 aliphatic carbocycles. The minimum Gasteiger partial charge on any atom is -0.450 e. The third kappa shape index (κ3) is 4.37. The Bertz CT molecular complexity index is 610. The van der Waals surface area contributed by atoms with Crippen molar-refractivity contribution in [2.45, 2.75) is 38.6 Å². The first kappa shape index (κ1) is 17.4. The van der Waals surface area contributed by atoms with E-state index < -0.39 is 0 Å². The summed E-state index contributed by atoms with van der Waals surface area (Å²) in [6.07, 6.45) is 5.07. The van der Waals surface area contributed by atoms with E-state index in [4.69, 9.17) is 4.74 Å². The number of amides is 2. The predicted molar refractivity (Wildman–Crippen MR) is 92.4 cm³/mol. The number of hydrogen-bond donors (Lipinski definition) is 1. The summed E-state index contributed by atoms with van der Waals surface area (Å²) in [6.45, 7) is 5.09. The molecule has 0 unspecified atom stereocenters. The van der Waals surface area contributed by atoms with Crippen LogP contribution in [0, 0.1) is 0 Å². The summed E-state index contributed by atoms with van der Waals surface area (Å²) in [7, 11) is 0. The number of aromatic nitrogens is 2. The molecule has 0 aromatic carbocycles. The molecule has 136 valence electrons. The Balaban J connectivity index is 1.54. The van der Waals surface area contributed by atoms with Crippen LogP contribution in [0.2, 0.25) is 0 Å². The monoisotopic (exact) mass is 347 g/mol. The number of likely N-dealkylation sites (tertiary alicyclic amines) is 2. The second kappa shape index (κ2) is 8.13. The molecule has 3 heterocycles. The Hall–Kier alpha value is -2.38. The molecule has 25 heavy (non-hydrogen) atoms. The Labute approximate surface area is 147 Å². The summed E-state index contributed by atoms with van der Waals surface area (Å²) in [6, 6.07) is 1.85. The number of ether oxygens (including phenoxy) is 1. The van der Waals surface area contributed by atoms with Gasteiger partial charge in [0.25, 0.3) is 5.91 Å². The van der Waals surface area contributed by atoms with E-state index in [1.165, 1.54) is 0 Å². The molecular formula is C17H25N5O3. The van der Waals surface area contributed by atoms with Gasteiger partial charge in [-0.25, -0.2) is 14.8 Å². The second-order valence-corrected chi connectivity index (χ2v) is 6.37. The van der Waals surface area contributed by atoms with Gasteiger partial charge in [0.2, 0.25) is 5.95 Å². The fourth-order valence-electron chi connectivity index (χ4n) is 3.23. The zero-order valence-corrected chi connectivity index (χ0v) is 14.6. The fraction of sp³-hybridized carbons (Fsp3) is 0.647. The normalized spacial score (nSPS) is 18.3. The Morgan fingerprint density at radius 1 is 1.20 bits per heavy atom. The van der Waals surface area contributed by atoms with Crippen molar-refractivity contribution in [2.75, 3.05) is 38.1 Å². The molecule has 2 aliphatic rings. The maximum Gasteiger partial charge on any atom is 0.409 e. The highest BCUT2D eigenvalue weighted by atomic mass is 16.6. The molecule has 0 spiro atoms. The quantitative estimate of drug-likeness (QED) is 0.893. The topological polar surface area (TPSA) is 87.7 Å². The van der Waals surface area contributed by atoms with Gasteiger partial charge in [-0.1, -0.05) is 0 Å². The van der Waals surface area contributed by atoms with Crippen molar-refractivity contribution in [3.63, 3.8) is 0 Å². The third-order valence-electron chi connectivity index (χ3n) is 4.62. The molecule has 0 radical (unpaired) electrons. The molecule has 1 aromatic heterocycles. The summed E-state index contributed by atoms with van der Waals surface area (Å²) in [5.74, 6) is 0.444. The standard InChI is InChI=1S/C17H25N5O3/c1-2-25-17(24)22-11-6-13(7-12-22)19-16-18-8-5-14(20-16)15(23)21-9-3-4-10-21/h5,8,13H,2-4,6-7,9-12H2,1H3,(H,18,19,20). The van der Waals surface area contributed by atoms with E-state index in [0.29, 0.717) is 31.3 Å². The lowest BCUT2D eigenvalue weighted by atomic mass is 10.1. The van der Waals surface area contributed by atoms with Crippen molar-refractivity contribution < 1.29 is 14.3 Å². The van der Waals surface area contributed by atoms with E-state index >= 15 is 0 Å². The molecule has 8 nitrogen and oxygen atoms in total. The van der Waals surface area contributed by atoms with Gasteiger partial charge in [-0.2, -0.15) is 0 Å². The van der Waals surface area contributed by atoms with Crippen LogP contribution in [0.3, 0.4) is 0 Å². The fourth-order valence-corrected chi connectivity index (χ4v) is 3.23. The lowest BCUT2D eigenvalue weighted by molar-refractivity contribution is 0.0786. The first-order valence-electron chi connectivity index (χ1n) is 8.98. The van der Waals surface area contributed by atoms with Gasteiger partial charge in [-0.05, 0) is 38.7 Å². The number of anilines is 1. The summed E-state index contributed by atoms with van der Waals surface area (Å²) < 4.78 is 5.03. The van der Waals surface area contributed by atoms with E-state index in [2.05, 4.69) is 15.3 Å². The summed E-state index contributed by atoms with van der Waals surface area (Å²) in [4.78, 5) is 36.3. The lowest BCUT2D eigenvalue weighted by Crippen LogP contribution is -2.42. The molecule has 0 saturated carbocycles. The van der Waals surface area contributed by atoms with Crippen molar-refractivity contribution in [3.05, 3.63) is 18.0 Å². The molecule has 1 N–H and O–H groups in total. The third-order valence-corrected chi connectivity index (χ3v) is 4.62. The number of nitrogens with one attached hydrogen (secondary N) is 1. The molecule has 2 saturated heterocycles. The minimum atomic E-state index is -0.254. The number of carbonyl (C=O) groups excluding carboxylic acids is 2. The average Bonchev–Trinajstić information content (AvgIpc) is 3.17. The summed E-state index contributed by atoms with van der Waals surface area (Å²) in [5, 5.41) is 3.29. The van der Waals surface area contributed by atoms with E-state index in [9.17, 15) is 9.59 Å². The van der Waals surface area contributed by atoms with Gasteiger partial charge in [0.1, 0.15) is 5.69 Å². The first-order chi connectivity index (χ1) is 12.2. The minimum absolute atomic E-state index is 0.0277. The van der Waals surface area contributed by atoms with Gasteiger partial charge in [-0.15, -0.1) is 0 Å². The van der Waals surface area contributed by atoms with Crippen molar-refractivity contribution >= 4 is 17.9 Å². The lowest BCUT2D eigenvalue weighted by Gasteiger charge is -2.31.